The minimum atomic E-state index is -0.445. The molecule has 1 aliphatic rings. The second kappa shape index (κ2) is 7.83. The number of nitrogens with zero attached hydrogens (tertiary/aromatic N) is 1. The minimum Gasteiger partial charge on any atom is -0.377 e. The Balaban J connectivity index is 1.86. The third-order valence-electron chi connectivity index (χ3n) is 5.04. The molecule has 0 radical (unpaired) electrons. The van der Waals surface area contributed by atoms with Gasteiger partial charge in [0.2, 0.25) is 0 Å². The van der Waals surface area contributed by atoms with Gasteiger partial charge < -0.3 is 16.8 Å². The van der Waals surface area contributed by atoms with Crippen LogP contribution in [0.1, 0.15) is 41.7 Å². The van der Waals surface area contributed by atoms with Crippen molar-refractivity contribution >= 4 is 0 Å². The number of nitrogens with two attached hydrogens (primary N) is 2. The largest absolute Gasteiger partial charge is 0.377 e. The molecule has 132 valence electrons. The second-order valence-corrected chi connectivity index (χ2v) is 6.84. The lowest BCUT2D eigenvalue weighted by molar-refractivity contribution is 0.331. The first-order valence-corrected chi connectivity index (χ1v) is 8.88. The lowest BCUT2D eigenvalue weighted by Crippen LogP contribution is -2.35. The molecule has 1 fully saturated rings. The van der Waals surface area contributed by atoms with Crippen molar-refractivity contribution in [2.45, 2.75) is 31.1 Å². The van der Waals surface area contributed by atoms with Crippen molar-refractivity contribution in [1.29, 1.82) is 0 Å². The molecule has 2 aromatic rings. The van der Waals surface area contributed by atoms with Gasteiger partial charge >= 0.3 is 0 Å². The molecule has 0 aromatic heterocycles. The highest BCUT2D eigenvalue weighted by atomic mass is 15.2. The fraction of sp³-hybridized carbons (Fsp3) is 0.333. The number of likely N-dealkylation sites (N-methyl/N-ethyl adjacent to an activating group) is 1. The Morgan fingerprint density at radius 2 is 1.64 bits per heavy atom. The summed E-state index contributed by atoms with van der Waals surface area (Å²) in [5.74, 6) is 0. The predicted octanol–water partition coefficient (Wildman–Crippen LogP) is 2.89. The number of hydrogen-bond acceptors (Lipinski definition) is 4. The van der Waals surface area contributed by atoms with Crippen LogP contribution in [0, 0.1) is 0 Å². The first kappa shape index (κ1) is 17.7. The van der Waals surface area contributed by atoms with E-state index in [4.69, 9.17) is 11.5 Å². The smallest absolute Gasteiger partial charge is 0.0784 e. The average Bonchev–Trinajstić information content (AvgIpc) is 3.06. The molecule has 0 amide bonds. The van der Waals surface area contributed by atoms with Crippen molar-refractivity contribution in [3.05, 3.63) is 83.6 Å². The summed E-state index contributed by atoms with van der Waals surface area (Å²) in [7, 11) is 2.17. The van der Waals surface area contributed by atoms with Crippen molar-refractivity contribution in [2.75, 3.05) is 13.6 Å². The molecule has 1 aliphatic heterocycles. The molecule has 0 aliphatic carbocycles. The van der Waals surface area contributed by atoms with Crippen LogP contribution in [0.5, 0.6) is 0 Å². The predicted molar refractivity (Wildman–Crippen MR) is 104 cm³/mol. The third-order valence-corrected chi connectivity index (χ3v) is 5.04. The fourth-order valence-electron chi connectivity index (χ4n) is 3.55. The van der Waals surface area contributed by atoms with Crippen LogP contribution in [0.25, 0.3) is 0 Å². The highest BCUT2D eigenvalue weighted by molar-refractivity contribution is 5.35. The van der Waals surface area contributed by atoms with Gasteiger partial charge in [-0.3, -0.25) is 4.90 Å². The molecule has 1 saturated heterocycles. The van der Waals surface area contributed by atoms with Crippen molar-refractivity contribution in [3.63, 3.8) is 0 Å². The van der Waals surface area contributed by atoms with Crippen LogP contribution in [0.2, 0.25) is 0 Å². The second-order valence-electron chi connectivity index (χ2n) is 6.84. The van der Waals surface area contributed by atoms with Crippen LogP contribution in [-0.2, 0) is 0 Å². The van der Waals surface area contributed by atoms with Crippen molar-refractivity contribution in [3.8, 4) is 0 Å². The van der Waals surface area contributed by atoms with E-state index in [0.29, 0.717) is 6.04 Å². The van der Waals surface area contributed by atoms with Crippen LogP contribution in [-0.4, -0.2) is 24.5 Å². The summed E-state index contributed by atoms with van der Waals surface area (Å²) in [5.41, 5.74) is 16.0. The topological polar surface area (TPSA) is 67.3 Å². The summed E-state index contributed by atoms with van der Waals surface area (Å²) in [5, 5.41) is 3.67. The molecular weight excluding hydrogens is 308 g/mol. The Morgan fingerprint density at radius 3 is 2.20 bits per heavy atom. The van der Waals surface area contributed by atoms with Gasteiger partial charge in [0, 0.05) is 11.7 Å². The van der Waals surface area contributed by atoms with Gasteiger partial charge in [0.1, 0.15) is 0 Å². The fourth-order valence-corrected chi connectivity index (χ4v) is 3.55. The van der Waals surface area contributed by atoms with Crippen molar-refractivity contribution in [2.24, 2.45) is 11.5 Å². The zero-order valence-electron chi connectivity index (χ0n) is 14.9. The van der Waals surface area contributed by atoms with E-state index in [9.17, 15) is 0 Å². The molecule has 25 heavy (non-hydrogen) atoms. The number of nitrogens with one attached hydrogen (secondary N) is 1. The molecule has 4 heteroatoms. The van der Waals surface area contributed by atoms with Crippen LogP contribution in [0.15, 0.2) is 66.9 Å². The maximum atomic E-state index is 5.77. The molecule has 1 unspecified atom stereocenters. The summed E-state index contributed by atoms with van der Waals surface area (Å²) in [4.78, 5) is 2.37. The molecular formula is C21H28N4. The zero-order valence-corrected chi connectivity index (χ0v) is 14.9. The Labute approximate surface area is 150 Å². The maximum Gasteiger partial charge on any atom is 0.0784 e. The van der Waals surface area contributed by atoms with Gasteiger partial charge in [0.15, 0.2) is 0 Å². The Morgan fingerprint density at radius 1 is 1.04 bits per heavy atom. The van der Waals surface area contributed by atoms with Gasteiger partial charge in [0.25, 0.3) is 0 Å². The van der Waals surface area contributed by atoms with E-state index < -0.39 is 6.17 Å². The SMILES string of the molecule is C=C(N[C@@H](c1ccccc1)c1ccc(C(N)N)cc1)C1CCCN1C. The molecule has 3 rings (SSSR count). The molecule has 4 nitrogen and oxygen atoms in total. The number of rotatable bonds is 6. The third kappa shape index (κ3) is 4.10. The van der Waals surface area contributed by atoms with Gasteiger partial charge in [-0.15, -0.1) is 0 Å². The number of hydrogen-bond donors (Lipinski definition) is 3. The maximum absolute atomic E-state index is 5.77. The number of benzene rings is 2. The molecule has 2 atom stereocenters. The van der Waals surface area contributed by atoms with Crippen molar-refractivity contribution < 1.29 is 0 Å². The lowest BCUT2D eigenvalue weighted by atomic mass is 9.96. The van der Waals surface area contributed by atoms with E-state index in [2.05, 4.69) is 60.2 Å². The van der Waals surface area contributed by atoms with Gasteiger partial charge in [-0.1, -0.05) is 61.2 Å². The van der Waals surface area contributed by atoms with Crippen LogP contribution < -0.4 is 16.8 Å². The van der Waals surface area contributed by atoms with Gasteiger partial charge in [-0.25, -0.2) is 0 Å². The van der Waals surface area contributed by atoms with Crippen molar-refractivity contribution in [1.82, 2.24) is 10.2 Å². The van der Waals surface area contributed by atoms with Gasteiger partial charge in [-0.05, 0) is 43.1 Å². The number of likely N-dealkylation sites (tertiary alicyclic amines) is 1. The van der Waals surface area contributed by atoms with Crippen LogP contribution in [0.4, 0.5) is 0 Å². The molecule has 0 bridgehead atoms. The van der Waals surface area contributed by atoms with Gasteiger partial charge in [-0.2, -0.15) is 0 Å². The zero-order chi connectivity index (χ0) is 17.8. The summed E-state index contributed by atoms with van der Waals surface area (Å²) < 4.78 is 0. The average molecular weight is 336 g/mol. The summed E-state index contributed by atoms with van der Waals surface area (Å²) in [6, 6.07) is 19.1. The Bertz CT molecular complexity index is 694. The summed E-state index contributed by atoms with van der Waals surface area (Å²) in [6.45, 7) is 5.46. The molecule has 2 aromatic carbocycles. The van der Waals surface area contributed by atoms with E-state index in [1.165, 1.54) is 17.5 Å². The van der Waals surface area contributed by atoms with Gasteiger partial charge in [0.05, 0.1) is 12.2 Å². The Hall–Kier alpha value is -2.14. The summed E-state index contributed by atoms with van der Waals surface area (Å²) in [6.07, 6.45) is 1.94. The van der Waals surface area contributed by atoms with E-state index in [0.717, 1.165) is 24.2 Å². The normalized spacial score (nSPS) is 19.1. The lowest BCUT2D eigenvalue weighted by Gasteiger charge is -2.28. The van der Waals surface area contributed by atoms with E-state index in [1.807, 2.05) is 18.2 Å². The molecule has 5 N–H and O–H groups in total. The standard InChI is InChI=1S/C21H28N4/c1-15(19-9-6-14-25(19)2)24-20(16-7-4-3-5-8-16)17-10-12-18(13-11-17)21(22)23/h3-5,7-8,10-13,19-21,24H,1,6,9,14,22-23H2,2H3/t19?,20-/m0/s1. The highest BCUT2D eigenvalue weighted by Crippen LogP contribution is 2.27. The minimum absolute atomic E-state index is 0.0609. The van der Waals surface area contributed by atoms with E-state index in [-0.39, 0.29) is 6.04 Å². The van der Waals surface area contributed by atoms with E-state index in [1.54, 1.807) is 0 Å². The molecule has 1 heterocycles. The van der Waals surface area contributed by atoms with Crippen LogP contribution >= 0.6 is 0 Å². The summed E-state index contributed by atoms with van der Waals surface area (Å²) >= 11 is 0. The Kier molecular flexibility index (Phi) is 5.53. The first-order chi connectivity index (χ1) is 12.1. The van der Waals surface area contributed by atoms with Crippen LogP contribution in [0.3, 0.4) is 0 Å². The molecule has 0 spiro atoms. The monoisotopic (exact) mass is 336 g/mol. The van der Waals surface area contributed by atoms with E-state index >= 15 is 0 Å². The quantitative estimate of drug-likeness (QED) is 0.710. The first-order valence-electron chi connectivity index (χ1n) is 8.88. The highest BCUT2D eigenvalue weighted by Gasteiger charge is 2.25. The molecule has 0 saturated carbocycles.